The van der Waals surface area contributed by atoms with Gasteiger partial charge in [0.15, 0.2) is 0 Å². The summed E-state index contributed by atoms with van der Waals surface area (Å²) in [7, 11) is 0. The average Bonchev–Trinajstić information content (AvgIpc) is 2.46. The highest BCUT2D eigenvalue weighted by atomic mass is 79.9. The molecule has 0 saturated heterocycles. The summed E-state index contributed by atoms with van der Waals surface area (Å²) in [4.78, 5) is 12.0. The van der Waals surface area contributed by atoms with E-state index in [4.69, 9.17) is 0 Å². The molecule has 0 bridgehead atoms. The molecule has 1 aromatic rings. The van der Waals surface area contributed by atoms with Crippen LogP contribution in [0.5, 0.6) is 0 Å². The minimum absolute atomic E-state index is 0.0795. The Morgan fingerprint density at radius 1 is 1.21 bits per heavy atom. The second-order valence-corrected chi connectivity index (χ2v) is 5.57. The minimum atomic E-state index is -0.0795. The monoisotopic (exact) mass is 325 g/mol. The average molecular weight is 326 g/mol. The number of benzene rings is 1. The molecule has 1 amide bonds. The molecule has 3 heteroatoms. The zero-order valence-corrected chi connectivity index (χ0v) is 13.5. The zero-order chi connectivity index (χ0) is 14.1. The number of nitrogens with one attached hydrogen (secondary N) is 1. The fraction of sp³-hybridized carbons (Fsp3) is 0.562. The van der Waals surface area contributed by atoms with Crippen LogP contribution in [0.3, 0.4) is 0 Å². The Balaban J connectivity index is 2.35. The number of alkyl halides is 1. The predicted octanol–water partition coefficient (Wildman–Crippen LogP) is 4.08. The maximum Gasteiger partial charge on any atom is 0.220 e. The number of carbonyl (C=O) groups is 1. The van der Waals surface area contributed by atoms with Gasteiger partial charge < -0.3 is 5.32 Å². The Hall–Kier alpha value is -0.830. The smallest absolute Gasteiger partial charge is 0.220 e. The van der Waals surface area contributed by atoms with Gasteiger partial charge in [-0.1, -0.05) is 60.1 Å². The highest BCUT2D eigenvalue weighted by Crippen LogP contribution is 2.18. The Morgan fingerprint density at radius 3 is 2.37 bits per heavy atom. The molecule has 19 heavy (non-hydrogen) atoms. The van der Waals surface area contributed by atoms with Crippen molar-refractivity contribution >= 4 is 21.8 Å². The van der Waals surface area contributed by atoms with Crippen molar-refractivity contribution in [3.63, 3.8) is 0 Å². The van der Waals surface area contributed by atoms with Crippen molar-refractivity contribution in [3.8, 4) is 0 Å². The van der Waals surface area contributed by atoms with Gasteiger partial charge in [-0.15, -0.1) is 0 Å². The molecule has 0 aromatic heterocycles. The van der Waals surface area contributed by atoms with E-state index >= 15 is 0 Å². The van der Waals surface area contributed by atoms with Gasteiger partial charge in [-0.25, -0.2) is 0 Å². The number of aryl methyl sites for hydroxylation is 1. The van der Waals surface area contributed by atoms with Gasteiger partial charge in [0.1, 0.15) is 0 Å². The Kier molecular flexibility index (Phi) is 7.14. The molecule has 0 radical (unpaired) electrons. The lowest BCUT2D eigenvalue weighted by Crippen LogP contribution is -2.49. The molecule has 1 N–H and O–H groups in total. The normalized spacial score (nSPS) is 11.3. The number of halogens is 1. The van der Waals surface area contributed by atoms with E-state index in [2.05, 4.69) is 47.2 Å². The lowest BCUT2D eigenvalue weighted by Gasteiger charge is -2.31. The van der Waals surface area contributed by atoms with Gasteiger partial charge in [-0.3, -0.25) is 4.79 Å². The van der Waals surface area contributed by atoms with Crippen LogP contribution in [0, 0.1) is 0 Å². The summed E-state index contributed by atoms with van der Waals surface area (Å²) in [6.45, 7) is 4.24. The van der Waals surface area contributed by atoms with E-state index in [1.807, 2.05) is 18.2 Å². The van der Waals surface area contributed by atoms with Gasteiger partial charge in [-0.05, 0) is 31.2 Å². The zero-order valence-electron chi connectivity index (χ0n) is 11.9. The standard InChI is InChI=1S/C16H24BrNO/c1-3-16(4-2,13-17)18-15(19)12-8-11-14-9-6-5-7-10-14/h5-7,9-10H,3-4,8,11-13H2,1-2H3,(H,18,19). The van der Waals surface area contributed by atoms with E-state index in [-0.39, 0.29) is 11.4 Å². The summed E-state index contributed by atoms with van der Waals surface area (Å²) < 4.78 is 0. The molecule has 1 rings (SSSR count). The van der Waals surface area contributed by atoms with Crippen molar-refractivity contribution in [2.45, 2.75) is 51.5 Å². The van der Waals surface area contributed by atoms with Gasteiger partial charge >= 0.3 is 0 Å². The van der Waals surface area contributed by atoms with Crippen LogP contribution in [0.2, 0.25) is 0 Å². The number of carbonyl (C=O) groups excluding carboxylic acids is 1. The van der Waals surface area contributed by atoms with Crippen LogP contribution in [0.15, 0.2) is 30.3 Å². The third-order valence-electron chi connectivity index (χ3n) is 3.73. The first-order valence-corrected chi connectivity index (χ1v) is 8.19. The lowest BCUT2D eigenvalue weighted by atomic mass is 9.95. The molecule has 0 aliphatic carbocycles. The first-order valence-electron chi connectivity index (χ1n) is 7.06. The van der Waals surface area contributed by atoms with Gasteiger partial charge in [0, 0.05) is 17.3 Å². The third kappa shape index (κ3) is 5.35. The summed E-state index contributed by atoms with van der Waals surface area (Å²) >= 11 is 3.51. The van der Waals surface area contributed by atoms with Crippen molar-refractivity contribution in [1.29, 1.82) is 0 Å². The molecule has 1 aromatic carbocycles. The van der Waals surface area contributed by atoms with Crippen LogP contribution in [0.4, 0.5) is 0 Å². The summed E-state index contributed by atoms with van der Waals surface area (Å²) in [5, 5.41) is 4.00. The highest BCUT2D eigenvalue weighted by Gasteiger charge is 2.26. The maximum atomic E-state index is 12.0. The fourth-order valence-electron chi connectivity index (χ4n) is 2.11. The van der Waals surface area contributed by atoms with E-state index in [9.17, 15) is 4.79 Å². The fourth-order valence-corrected chi connectivity index (χ4v) is 3.04. The first-order chi connectivity index (χ1) is 9.15. The Morgan fingerprint density at radius 2 is 1.84 bits per heavy atom. The number of hydrogen-bond donors (Lipinski definition) is 1. The van der Waals surface area contributed by atoms with Crippen molar-refractivity contribution in [1.82, 2.24) is 5.32 Å². The van der Waals surface area contributed by atoms with Crippen molar-refractivity contribution in [2.75, 3.05) is 5.33 Å². The Labute approximate surface area is 125 Å². The molecular formula is C16H24BrNO. The third-order valence-corrected chi connectivity index (χ3v) is 4.80. The largest absolute Gasteiger partial charge is 0.350 e. The highest BCUT2D eigenvalue weighted by molar-refractivity contribution is 9.09. The van der Waals surface area contributed by atoms with E-state index in [0.29, 0.717) is 6.42 Å². The second-order valence-electron chi connectivity index (χ2n) is 5.01. The molecule has 0 spiro atoms. The van der Waals surface area contributed by atoms with Crippen LogP contribution in [0.1, 0.15) is 45.1 Å². The van der Waals surface area contributed by atoms with Crippen LogP contribution in [-0.4, -0.2) is 16.8 Å². The number of amides is 1. The van der Waals surface area contributed by atoms with Gasteiger partial charge in [0.2, 0.25) is 5.91 Å². The number of rotatable bonds is 8. The van der Waals surface area contributed by atoms with Crippen LogP contribution < -0.4 is 5.32 Å². The van der Waals surface area contributed by atoms with Gasteiger partial charge in [0.25, 0.3) is 0 Å². The molecule has 0 saturated carbocycles. The Bertz CT molecular complexity index is 365. The minimum Gasteiger partial charge on any atom is -0.350 e. The molecule has 0 atom stereocenters. The van der Waals surface area contributed by atoms with Crippen molar-refractivity contribution in [3.05, 3.63) is 35.9 Å². The molecule has 0 aliphatic heterocycles. The summed E-state index contributed by atoms with van der Waals surface area (Å²) in [5.41, 5.74) is 1.22. The first kappa shape index (κ1) is 16.2. The maximum absolute atomic E-state index is 12.0. The summed E-state index contributed by atoms with van der Waals surface area (Å²) in [5.74, 6) is 0.166. The van der Waals surface area contributed by atoms with Crippen LogP contribution in [0.25, 0.3) is 0 Å². The van der Waals surface area contributed by atoms with E-state index in [1.165, 1.54) is 5.56 Å². The molecule has 2 nitrogen and oxygen atoms in total. The molecule has 0 aliphatic rings. The molecular weight excluding hydrogens is 302 g/mol. The quantitative estimate of drug-likeness (QED) is 0.717. The van der Waals surface area contributed by atoms with Crippen molar-refractivity contribution < 1.29 is 4.79 Å². The van der Waals surface area contributed by atoms with Crippen LogP contribution in [-0.2, 0) is 11.2 Å². The topological polar surface area (TPSA) is 29.1 Å². The van der Waals surface area contributed by atoms with E-state index in [0.717, 1.165) is 31.0 Å². The number of hydrogen-bond acceptors (Lipinski definition) is 1. The molecule has 0 unspecified atom stereocenters. The molecule has 106 valence electrons. The van der Waals surface area contributed by atoms with E-state index < -0.39 is 0 Å². The predicted molar refractivity (Wildman–Crippen MR) is 84.6 cm³/mol. The van der Waals surface area contributed by atoms with Crippen LogP contribution >= 0.6 is 15.9 Å². The van der Waals surface area contributed by atoms with Gasteiger partial charge in [0.05, 0.1) is 0 Å². The second kappa shape index (κ2) is 8.36. The lowest BCUT2D eigenvalue weighted by molar-refractivity contribution is -0.123. The van der Waals surface area contributed by atoms with Gasteiger partial charge in [-0.2, -0.15) is 0 Å². The SMILES string of the molecule is CCC(CC)(CBr)NC(=O)CCCc1ccccc1. The summed E-state index contributed by atoms with van der Waals surface area (Å²) in [6, 6.07) is 10.3. The van der Waals surface area contributed by atoms with E-state index in [1.54, 1.807) is 0 Å². The summed E-state index contributed by atoms with van der Waals surface area (Å²) in [6.07, 6.45) is 4.39. The molecule has 0 heterocycles. The van der Waals surface area contributed by atoms with Crippen molar-refractivity contribution in [2.24, 2.45) is 0 Å². The molecule has 0 fully saturated rings.